The van der Waals surface area contributed by atoms with Crippen LogP contribution in [0.1, 0.15) is 31.8 Å². The van der Waals surface area contributed by atoms with Crippen molar-refractivity contribution in [1.29, 1.82) is 0 Å². The molecule has 6 heteroatoms. The van der Waals surface area contributed by atoms with Crippen molar-refractivity contribution >= 4 is 11.6 Å². The van der Waals surface area contributed by atoms with Gasteiger partial charge in [0.05, 0.1) is 28.4 Å². The van der Waals surface area contributed by atoms with Gasteiger partial charge in [-0.3, -0.25) is 9.59 Å². The molecule has 0 atom stereocenters. The van der Waals surface area contributed by atoms with Crippen LogP contribution in [0.4, 0.5) is 0 Å². The van der Waals surface area contributed by atoms with Crippen molar-refractivity contribution in [2.75, 3.05) is 28.4 Å². The van der Waals surface area contributed by atoms with E-state index in [4.69, 9.17) is 18.9 Å². The Morgan fingerprint density at radius 2 is 1.22 bits per heavy atom. The molecule has 0 aromatic heterocycles. The lowest BCUT2D eigenvalue weighted by molar-refractivity contribution is 0.0816. The van der Waals surface area contributed by atoms with Gasteiger partial charge in [0.2, 0.25) is 11.6 Å². The summed E-state index contributed by atoms with van der Waals surface area (Å²) in [6.45, 7) is 0. The van der Waals surface area contributed by atoms with Crippen molar-refractivity contribution in [2.24, 2.45) is 0 Å². The van der Waals surface area contributed by atoms with Gasteiger partial charge in [-0.2, -0.15) is 0 Å². The van der Waals surface area contributed by atoms with Crippen LogP contribution in [0.25, 0.3) is 0 Å². The van der Waals surface area contributed by atoms with E-state index in [9.17, 15) is 9.59 Å². The first-order valence-electron chi connectivity index (χ1n) is 10.1. The Balaban J connectivity index is 1.82. The third-order valence-corrected chi connectivity index (χ3v) is 5.24. The normalized spacial score (nSPS) is 10.4. The zero-order chi connectivity index (χ0) is 23.1. The van der Waals surface area contributed by atoms with E-state index in [2.05, 4.69) is 0 Å². The van der Waals surface area contributed by atoms with E-state index < -0.39 is 11.6 Å². The molecule has 166 valence electrons. The van der Waals surface area contributed by atoms with Crippen molar-refractivity contribution < 1.29 is 28.5 Å². The summed E-state index contributed by atoms with van der Waals surface area (Å²) in [5.74, 6) is 1.05. The Bertz CT molecular complexity index is 1120. The molecule has 3 aromatic carbocycles. The summed E-state index contributed by atoms with van der Waals surface area (Å²) in [4.78, 5) is 26.0. The van der Waals surface area contributed by atoms with E-state index in [1.807, 2.05) is 30.3 Å². The fourth-order valence-corrected chi connectivity index (χ4v) is 3.51. The minimum absolute atomic E-state index is 0.252. The highest BCUT2D eigenvalue weighted by atomic mass is 16.5. The van der Waals surface area contributed by atoms with Crippen LogP contribution in [0.15, 0.2) is 60.7 Å². The number of rotatable bonds is 10. The second-order valence-corrected chi connectivity index (χ2v) is 7.07. The van der Waals surface area contributed by atoms with E-state index in [-0.39, 0.29) is 5.56 Å². The van der Waals surface area contributed by atoms with Crippen LogP contribution in [-0.4, -0.2) is 40.0 Å². The molecule has 0 aliphatic rings. The van der Waals surface area contributed by atoms with Crippen molar-refractivity contribution in [2.45, 2.75) is 12.8 Å². The number of aryl methyl sites for hydroxylation is 2. The molecule has 0 heterocycles. The summed E-state index contributed by atoms with van der Waals surface area (Å²) in [7, 11) is 6.18. The number of ether oxygens (including phenoxy) is 4. The van der Waals surface area contributed by atoms with Gasteiger partial charge in [0.1, 0.15) is 0 Å². The van der Waals surface area contributed by atoms with Crippen molar-refractivity contribution in [3.63, 3.8) is 0 Å². The Morgan fingerprint density at radius 3 is 1.88 bits per heavy atom. The Kier molecular flexibility index (Phi) is 7.49. The molecule has 0 aliphatic carbocycles. The maximum absolute atomic E-state index is 13.1. The van der Waals surface area contributed by atoms with Crippen LogP contribution >= 0.6 is 0 Å². The number of ketones is 2. The van der Waals surface area contributed by atoms with Crippen LogP contribution < -0.4 is 18.9 Å². The summed E-state index contributed by atoms with van der Waals surface area (Å²) in [6, 6.07) is 17.6. The topological polar surface area (TPSA) is 71.1 Å². The number of hydrogen-bond acceptors (Lipinski definition) is 6. The molecule has 0 saturated heterocycles. The van der Waals surface area contributed by atoms with E-state index >= 15 is 0 Å². The molecule has 0 spiro atoms. The molecule has 0 aliphatic heterocycles. The maximum atomic E-state index is 13.1. The number of methoxy groups -OCH3 is 4. The molecule has 0 unspecified atom stereocenters. The van der Waals surface area contributed by atoms with Gasteiger partial charge in [0.25, 0.3) is 0 Å². The molecule has 0 radical (unpaired) electrons. The Labute approximate surface area is 187 Å². The van der Waals surface area contributed by atoms with Crippen molar-refractivity contribution in [3.8, 4) is 23.0 Å². The minimum Gasteiger partial charge on any atom is -0.493 e. The molecule has 6 nitrogen and oxygen atoms in total. The number of carbonyl (C=O) groups excluding carboxylic acids is 2. The van der Waals surface area contributed by atoms with Crippen molar-refractivity contribution in [1.82, 2.24) is 0 Å². The predicted molar refractivity (Wildman–Crippen MR) is 122 cm³/mol. The van der Waals surface area contributed by atoms with Gasteiger partial charge in [-0.25, -0.2) is 0 Å². The van der Waals surface area contributed by atoms with Gasteiger partial charge in [0.15, 0.2) is 23.0 Å². The number of benzene rings is 3. The first kappa shape index (κ1) is 22.9. The minimum atomic E-state index is -0.593. The number of hydrogen-bond donors (Lipinski definition) is 0. The first-order valence-corrected chi connectivity index (χ1v) is 10.1. The molecule has 3 aromatic rings. The number of carbonyl (C=O) groups is 2. The summed E-state index contributed by atoms with van der Waals surface area (Å²) < 4.78 is 21.1. The SMILES string of the molecule is COc1ccc(CCc2ccccc2C(=O)C(=O)c2ccc(OC)c(OC)c2)cc1OC. The maximum Gasteiger partial charge on any atom is 0.233 e. The summed E-state index contributed by atoms with van der Waals surface area (Å²) in [5, 5.41) is 0. The monoisotopic (exact) mass is 434 g/mol. The highest BCUT2D eigenvalue weighted by molar-refractivity contribution is 6.49. The second-order valence-electron chi connectivity index (χ2n) is 7.07. The summed E-state index contributed by atoms with van der Waals surface area (Å²) in [6.07, 6.45) is 1.27. The zero-order valence-electron chi connectivity index (χ0n) is 18.6. The van der Waals surface area contributed by atoms with Crippen LogP contribution in [0.3, 0.4) is 0 Å². The second kappa shape index (κ2) is 10.5. The molecule has 0 N–H and O–H groups in total. The molecule has 3 rings (SSSR count). The summed E-state index contributed by atoms with van der Waals surface area (Å²) >= 11 is 0. The van der Waals surface area contributed by atoms with Crippen LogP contribution in [0.5, 0.6) is 23.0 Å². The lowest BCUT2D eigenvalue weighted by Gasteiger charge is -2.12. The predicted octanol–water partition coefficient (Wildman–Crippen LogP) is 4.57. The average molecular weight is 434 g/mol. The fraction of sp³-hybridized carbons (Fsp3) is 0.231. The standard InChI is InChI=1S/C26H26O6/c1-29-21-13-10-17(15-23(21)31-3)9-11-18-7-5-6-8-20(18)26(28)25(27)19-12-14-22(30-2)24(16-19)32-4/h5-8,10,12-16H,9,11H2,1-4H3. The largest absolute Gasteiger partial charge is 0.493 e. The van der Waals surface area contributed by atoms with Crippen LogP contribution in [-0.2, 0) is 12.8 Å². The highest BCUT2D eigenvalue weighted by Gasteiger charge is 2.22. The van der Waals surface area contributed by atoms with E-state index in [0.29, 0.717) is 41.4 Å². The summed E-state index contributed by atoms with van der Waals surface area (Å²) in [5.41, 5.74) is 2.49. The van der Waals surface area contributed by atoms with Gasteiger partial charge in [0, 0.05) is 11.1 Å². The number of Topliss-reactive ketones (excluding diaryl/α,β-unsaturated/α-hetero) is 2. The van der Waals surface area contributed by atoms with Crippen LogP contribution in [0.2, 0.25) is 0 Å². The van der Waals surface area contributed by atoms with Gasteiger partial charge < -0.3 is 18.9 Å². The van der Waals surface area contributed by atoms with Crippen molar-refractivity contribution in [3.05, 3.63) is 82.9 Å². The Hall–Kier alpha value is -3.80. The molecular weight excluding hydrogens is 408 g/mol. The fourth-order valence-electron chi connectivity index (χ4n) is 3.51. The lowest BCUT2D eigenvalue weighted by atomic mass is 9.94. The molecule has 0 amide bonds. The Morgan fingerprint density at radius 1 is 0.625 bits per heavy atom. The molecule has 0 saturated carbocycles. The molecule has 0 fully saturated rings. The molecule has 0 bridgehead atoms. The first-order chi connectivity index (χ1) is 15.5. The third kappa shape index (κ3) is 4.91. The quantitative estimate of drug-likeness (QED) is 0.344. The van der Waals surface area contributed by atoms with Crippen LogP contribution in [0, 0.1) is 0 Å². The lowest BCUT2D eigenvalue weighted by Crippen LogP contribution is -2.17. The zero-order valence-corrected chi connectivity index (χ0v) is 18.6. The molecule has 32 heavy (non-hydrogen) atoms. The smallest absolute Gasteiger partial charge is 0.233 e. The highest BCUT2D eigenvalue weighted by Crippen LogP contribution is 2.29. The third-order valence-electron chi connectivity index (χ3n) is 5.24. The van der Waals surface area contributed by atoms with Gasteiger partial charge >= 0.3 is 0 Å². The molecular formula is C26H26O6. The van der Waals surface area contributed by atoms with E-state index in [1.54, 1.807) is 38.5 Å². The average Bonchev–Trinajstić information content (AvgIpc) is 2.85. The van der Waals surface area contributed by atoms with Gasteiger partial charge in [-0.15, -0.1) is 0 Å². The van der Waals surface area contributed by atoms with E-state index in [0.717, 1.165) is 11.1 Å². The van der Waals surface area contributed by atoms with Gasteiger partial charge in [-0.1, -0.05) is 30.3 Å². The van der Waals surface area contributed by atoms with Gasteiger partial charge in [-0.05, 0) is 54.3 Å². The van der Waals surface area contributed by atoms with E-state index in [1.165, 1.54) is 20.3 Å².